The van der Waals surface area contributed by atoms with Gasteiger partial charge in [-0.1, -0.05) is 0 Å². The van der Waals surface area contributed by atoms with Crippen molar-refractivity contribution in [1.82, 2.24) is 5.43 Å². The number of ether oxygens (including phenoxy) is 3. The van der Waals surface area contributed by atoms with Crippen molar-refractivity contribution in [3.8, 4) is 17.2 Å². The van der Waals surface area contributed by atoms with Gasteiger partial charge in [0.1, 0.15) is 11.6 Å². The lowest BCUT2D eigenvalue weighted by Crippen LogP contribution is -2.31. The number of methoxy groups -OCH3 is 3. The molecule has 0 heterocycles. The molecule has 0 aliphatic rings. The number of nitrogens with zero attached hydrogens (tertiary/aromatic N) is 1. The van der Waals surface area contributed by atoms with Gasteiger partial charge in [-0.25, -0.2) is 5.84 Å². The van der Waals surface area contributed by atoms with Gasteiger partial charge in [0.05, 0.1) is 26.9 Å². The van der Waals surface area contributed by atoms with Crippen molar-refractivity contribution in [2.24, 2.45) is 10.8 Å². The predicted octanol–water partition coefficient (Wildman–Crippen LogP) is 0.552. The van der Waals surface area contributed by atoms with Crippen molar-refractivity contribution in [2.75, 3.05) is 28.4 Å². The minimum absolute atomic E-state index is 0.503. The number of hydrogen-bond acceptors (Lipinski definition) is 5. The van der Waals surface area contributed by atoms with E-state index in [1.165, 1.54) is 0 Å². The molecule has 0 spiro atoms. The number of nitrogens with two attached hydrogens (primary N) is 1. The highest BCUT2D eigenvalue weighted by Crippen LogP contribution is 2.34. The number of rotatable bonds is 4. The molecule has 0 atom stereocenters. The lowest BCUT2D eigenvalue weighted by atomic mass is 10.1. The van der Waals surface area contributed by atoms with Gasteiger partial charge in [-0.3, -0.25) is 4.99 Å². The number of hydrazine groups is 1. The van der Waals surface area contributed by atoms with Gasteiger partial charge in [0.25, 0.3) is 0 Å². The Balaban J connectivity index is 3.38. The number of hydrogen-bond donors (Lipinski definition) is 2. The maximum atomic E-state index is 5.39. The van der Waals surface area contributed by atoms with Crippen LogP contribution in [0.3, 0.4) is 0 Å². The fraction of sp³-hybridized carbons (Fsp3) is 0.364. The molecule has 1 aromatic carbocycles. The van der Waals surface area contributed by atoms with Crippen LogP contribution in [0.25, 0.3) is 0 Å². The second-order valence-electron chi connectivity index (χ2n) is 3.12. The quantitative estimate of drug-likeness (QED) is 0.347. The highest BCUT2D eigenvalue weighted by atomic mass is 16.5. The molecule has 0 radical (unpaired) electrons. The van der Waals surface area contributed by atoms with Gasteiger partial charge < -0.3 is 19.6 Å². The fourth-order valence-corrected chi connectivity index (χ4v) is 1.48. The van der Waals surface area contributed by atoms with Crippen LogP contribution in [0.5, 0.6) is 17.2 Å². The normalized spacial score (nSPS) is 11.0. The van der Waals surface area contributed by atoms with Crippen LogP contribution in [0.1, 0.15) is 5.56 Å². The number of nitrogens with one attached hydrogen (secondary N) is 1. The molecule has 0 aliphatic heterocycles. The maximum absolute atomic E-state index is 5.39. The van der Waals surface area contributed by atoms with E-state index in [2.05, 4.69) is 10.4 Å². The predicted molar refractivity (Wildman–Crippen MR) is 65.9 cm³/mol. The summed E-state index contributed by atoms with van der Waals surface area (Å²) >= 11 is 0. The highest BCUT2D eigenvalue weighted by Gasteiger charge is 2.15. The van der Waals surface area contributed by atoms with Gasteiger partial charge in [0.2, 0.25) is 0 Å². The lowest BCUT2D eigenvalue weighted by molar-refractivity contribution is 0.348. The molecular weight excluding hydrogens is 222 g/mol. The topological polar surface area (TPSA) is 78.1 Å². The zero-order valence-corrected chi connectivity index (χ0v) is 10.4. The Morgan fingerprint density at radius 3 is 2.00 bits per heavy atom. The Hall–Kier alpha value is -1.95. The molecule has 0 amide bonds. The largest absolute Gasteiger partial charge is 0.496 e. The molecule has 0 saturated carbocycles. The standard InChI is InChI=1S/C11H17N3O3/c1-13-11(14-12)7-5-9(16-3)10(17-4)6-8(7)15-2/h5-6H,12H2,1-4H3,(H,13,14). The summed E-state index contributed by atoms with van der Waals surface area (Å²) < 4.78 is 15.7. The molecule has 1 rings (SSSR count). The van der Waals surface area contributed by atoms with E-state index in [4.69, 9.17) is 20.1 Å². The van der Waals surface area contributed by atoms with E-state index in [-0.39, 0.29) is 0 Å². The summed E-state index contributed by atoms with van der Waals surface area (Å²) in [7, 11) is 6.32. The van der Waals surface area contributed by atoms with Crippen molar-refractivity contribution < 1.29 is 14.2 Å². The van der Waals surface area contributed by atoms with Crippen LogP contribution in [0, 0.1) is 0 Å². The third kappa shape index (κ3) is 2.59. The summed E-state index contributed by atoms with van der Waals surface area (Å²) in [6.07, 6.45) is 0. The lowest BCUT2D eigenvalue weighted by Gasteiger charge is -2.14. The van der Waals surface area contributed by atoms with Crippen LogP contribution in [0.4, 0.5) is 0 Å². The van der Waals surface area contributed by atoms with E-state index in [0.29, 0.717) is 28.6 Å². The van der Waals surface area contributed by atoms with Crippen LogP contribution in [0.15, 0.2) is 17.1 Å². The molecule has 0 aliphatic carbocycles. The maximum Gasteiger partial charge on any atom is 0.164 e. The van der Waals surface area contributed by atoms with Crippen LogP contribution in [0.2, 0.25) is 0 Å². The molecule has 6 heteroatoms. The Morgan fingerprint density at radius 1 is 1.06 bits per heavy atom. The van der Waals surface area contributed by atoms with Gasteiger partial charge in [0, 0.05) is 13.1 Å². The minimum Gasteiger partial charge on any atom is -0.496 e. The van der Waals surface area contributed by atoms with Crippen molar-refractivity contribution >= 4 is 5.84 Å². The van der Waals surface area contributed by atoms with Crippen LogP contribution in [-0.2, 0) is 0 Å². The summed E-state index contributed by atoms with van der Waals surface area (Å²) in [4.78, 5) is 4.02. The van der Waals surface area contributed by atoms with Crippen molar-refractivity contribution in [3.63, 3.8) is 0 Å². The summed E-state index contributed by atoms with van der Waals surface area (Å²) in [6, 6.07) is 3.47. The van der Waals surface area contributed by atoms with Gasteiger partial charge in [-0.2, -0.15) is 0 Å². The van der Waals surface area contributed by atoms with Crippen molar-refractivity contribution in [2.45, 2.75) is 0 Å². The first kappa shape index (κ1) is 13.1. The third-order valence-electron chi connectivity index (χ3n) is 2.32. The Labute approximate surface area is 100 Å². The minimum atomic E-state index is 0.503. The Morgan fingerprint density at radius 2 is 1.59 bits per heavy atom. The first-order valence-corrected chi connectivity index (χ1v) is 4.95. The summed E-state index contributed by atoms with van der Waals surface area (Å²) in [5, 5.41) is 0. The smallest absolute Gasteiger partial charge is 0.164 e. The van der Waals surface area contributed by atoms with Gasteiger partial charge in [0.15, 0.2) is 11.5 Å². The molecule has 0 fully saturated rings. The monoisotopic (exact) mass is 239 g/mol. The third-order valence-corrected chi connectivity index (χ3v) is 2.32. The SMILES string of the molecule is CN=C(NN)c1cc(OC)c(OC)cc1OC. The molecule has 0 bridgehead atoms. The molecule has 0 aromatic heterocycles. The number of amidine groups is 1. The molecule has 17 heavy (non-hydrogen) atoms. The Bertz CT molecular complexity index is 419. The van der Waals surface area contributed by atoms with E-state index < -0.39 is 0 Å². The van der Waals surface area contributed by atoms with Gasteiger partial charge >= 0.3 is 0 Å². The molecular formula is C11H17N3O3. The molecule has 6 nitrogen and oxygen atoms in total. The van der Waals surface area contributed by atoms with Crippen LogP contribution in [-0.4, -0.2) is 34.2 Å². The van der Waals surface area contributed by atoms with E-state index in [1.54, 1.807) is 40.5 Å². The van der Waals surface area contributed by atoms with E-state index in [9.17, 15) is 0 Å². The number of aliphatic imine (C=N–C) groups is 1. The van der Waals surface area contributed by atoms with Crippen LogP contribution < -0.4 is 25.5 Å². The average Bonchev–Trinajstić information content (AvgIpc) is 2.39. The summed E-state index contributed by atoms with van der Waals surface area (Å²) in [5.74, 6) is 7.66. The first-order valence-electron chi connectivity index (χ1n) is 4.95. The van der Waals surface area contributed by atoms with Gasteiger partial charge in [-0.05, 0) is 6.07 Å². The first-order chi connectivity index (χ1) is 8.21. The summed E-state index contributed by atoms with van der Waals surface area (Å²) in [6.45, 7) is 0. The van der Waals surface area contributed by atoms with Crippen molar-refractivity contribution in [1.29, 1.82) is 0 Å². The average molecular weight is 239 g/mol. The Kier molecular flexibility index (Phi) is 4.59. The molecule has 3 N–H and O–H groups in total. The van der Waals surface area contributed by atoms with E-state index >= 15 is 0 Å². The molecule has 94 valence electrons. The van der Waals surface area contributed by atoms with E-state index in [1.807, 2.05) is 0 Å². The fourth-order valence-electron chi connectivity index (χ4n) is 1.48. The highest BCUT2D eigenvalue weighted by molar-refractivity contribution is 6.01. The molecule has 1 aromatic rings. The second kappa shape index (κ2) is 5.95. The molecule has 0 saturated heterocycles. The van der Waals surface area contributed by atoms with Crippen molar-refractivity contribution in [3.05, 3.63) is 17.7 Å². The second-order valence-corrected chi connectivity index (χ2v) is 3.12. The number of benzene rings is 1. The summed E-state index contributed by atoms with van der Waals surface area (Å²) in [5.41, 5.74) is 3.21. The van der Waals surface area contributed by atoms with Crippen LogP contribution >= 0.6 is 0 Å². The molecule has 0 unspecified atom stereocenters. The zero-order chi connectivity index (χ0) is 12.8. The van der Waals surface area contributed by atoms with E-state index in [0.717, 1.165) is 0 Å². The zero-order valence-electron chi connectivity index (χ0n) is 10.4. The van der Waals surface area contributed by atoms with Gasteiger partial charge in [-0.15, -0.1) is 0 Å².